The molecule has 7 heteroatoms. The van der Waals surface area contributed by atoms with Crippen molar-refractivity contribution < 1.29 is 18.0 Å². The van der Waals surface area contributed by atoms with Crippen molar-refractivity contribution >= 4 is 32.4 Å². The predicted molar refractivity (Wildman–Crippen MR) is 121 cm³/mol. The molecule has 3 aromatic rings. The highest BCUT2D eigenvalue weighted by Gasteiger charge is 2.37. The van der Waals surface area contributed by atoms with Gasteiger partial charge in [-0.15, -0.1) is 0 Å². The van der Waals surface area contributed by atoms with Gasteiger partial charge < -0.3 is 10.6 Å². The minimum absolute atomic E-state index is 0.145. The minimum Gasteiger partial charge on any atom is -0.347 e. The molecule has 0 unspecified atom stereocenters. The number of rotatable bonds is 6. The number of hydrogen-bond donors (Lipinski definition) is 2. The number of sulfone groups is 1. The lowest BCUT2D eigenvalue weighted by molar-refractivity contribution is -0.133. The van der Waals surface area contributed by atoms with Gasteiger partial charge in [0, 0.05) is 13.2 Å². The Morgan fingerprint density at radius 1 is 0.935 bits per heavy atom. The molecule has 31 heavy (non-hydrogen) atoms. The van der Waals surface area contributed by atoms with E-state index >= 15 is 0 Å². The highest BCUT2D eigenvalue weighted by molar-refractivity contribution is 7.90. The summed E-state index contributed by atoms with van der Waals surface area (Å²) in [6.45, 7) is 4.82. The lowest BCUT2D eigenvalue weighted by Crippen LogP contribution is -2.54. The van der Waals surface area contributed by atoms with Crippen LogP contribution in [0.15, 0.2) is 71.6 Å². The van der Waals surface area contributed by atoms with Crippen LogP contribution < -0.4 is 10.6 Å². The maximum absolute atomic E-state index is 13.3. The fourth-order valence-corrected chi connectivity index (χ4v) is 4.18. The average molecular weight is 439 g/mol. The van der Waals surface area contributed by atoms with Gasteiger partial charge in [-0.2, -0.15) is 0 Å². The Balaban J connectivity index is 1.90. The summed E-state index contributed by atoms with van der Waals surface area (Å²) in [6, 6.07) is 19.6. The van der Waals surface area contributed by atoms with Crippen LogP contribution in [0, 0.1) is 0 Å². The summed E-state index contributed by atoms with van der Waals surface area (Å²) in [5.41, 5.74) is 0.0513. The van der Waals surface area contributed by atoms with Gasteiger partial charge in [-0.1, -0.05) is 48.5 Å². The molecule has 0 aromatic heterocycles. The monoisotopic (exact) mass is 438 g/mol. The first-order valence-corrected chi connectivity index (χ1v) is 11.8. The molecule has 162 valence electrons. The molecular weight excluding hydrogens is 412 g/mol. The predicted octanol–water partition coefficient (Wildman–Crippen LogP) is 3.47. The zero-order valence-electron chi connectivity index (χ0n) is 18.0. The van der Waals surface area contributed by atoms with Crippen LogP contribution in [0.3, 0.4) is 0 Å². The summed E-state index contributed by atoms with van der Waals surface area (Å²) < 4.78 is 23.5. The van der Waals surface area contributed by atoms with Crippen LogP contribution >= 0.6 is 0 Å². The van der Waals surface area contributed by atoms with Crippen molar-refractivity contribution in [2.24, 2.45) is 0 Å². The first-order valence-electron chi connectivity index (χ1n) is 9.90. The number of hydrogen-bond acceptors (Lipinski definition) is 4. The standard InChI is InChI=1S/C24H26N2O4S/c1-16(19-10-9-18-7-5-6-8-20(18)15-19)25-23(28)24(3,26-17(2)27)21-11-13-22(14-12-21)31(4,29)30/h5-16H,1-4H3,(H,25,28)(H,26,27)/t16-,24+/m1/s1. The third-order valence-corrected chi connectivity index (χ3v) is 6.49. The van der Waals surface area contributed by atoms with Gasteiger partial charge in [0.1, 0.15) is 5.54 Å². The zero-order chi connectivity index (χ0) is 22.8. The van der Waals surface area contributed by atoms with Gasteiger partial charge >= 0.3 is 0 Å². The topological polar surface area (TPSA) is 92.3 Å². The molecule has 2 N–H and O–H groups in total. The number of carbonyl (C=O) groups is 2. The Morgan fingerprint density at radius 3 is 2.13 bits per heavy atom. The summed E-state index contributed by atoms with van der Waals surface area (Å²) in [6.07, 6.45) is 1.12. The molecular formula is C24H26N2O4S. The Hall–Kier alpha value is -3.19. The molecule has 0 spiro atoms. The summed E-state index contributed by atoms with van der Waals surface area (Å²) in [7, 11) is -3.37. The maximum Gasteiger partial charge on any atom is 0.250 e. The largest absolute Gasteiger partial charge is 0.347 e. The van der Waals surface area contributed by atoms with E-state index in [4.69, 9.17) is 0 Å². The second-order valence-electron chi connectivity index (χ2n) is 7.90. The van der Waals surface area contributed by atoms with Crippen LogP contribution in [0.1, 0.15) is 37.9 Å². The van der Waals surface area contributed by atoms with Crippen LogP contribution in [0.5, 0.6) is 0 Å². The third-order valence-electron chi connectivity index (χ3n) is 5.36. The molecule has 3 rings (SSSR count). The van der Waals surface area contributed by atoms with Crippen molar-refractivity contribution in [1.82, 2.24) is 10.6 Å². The molecule has 0 aliphatic rings. The molecule has 6 nitrogen and oxygen atoms in total. The van der Waals surface area contributed by atoms with E-state index in [2.05, 4.69) is 10.6 Å². The van der Waals surface area contributed by atoms with Gasteiger partial charge in [-0.05, 0) is 53.9 Å². The third kappa shape index (κ3) is 4.94. The zero-order valence-corrected chi connectivity index (χ0v) is 18.8. The van der Waals surface area contributed by atoms with Gasteiger partial charge in [0.25, 0.3) is 5.91 Å². The van der Waals surface area contributed by atoms with E-state index in [-0.39, 0.29) is 16.8 Å². The van der Waals surface area contributed by atoms with Crippen LogP contribution in [-0.4, -0.2) is 26.5 Å². The smallest absolute Gasteiger partial charge is 0.250 e. The molecule has 0 saturated carbocycles. The highest BCUT2D eigenvalue weighted by atomic mass is 32.2. The maximum atomic E-state index is 13.3. The number of amides is 2. The van der Waals surface area contributed by atoms with Crippen molar-refractivity contribution in [1.29, 1.82) is 0 Å². The summed E-state index contributed by atoms with van der Waals surface area (Å²) in [5, 5.41) is 7.88. The Morgan fingerprint density at radius 2 is 1.55 bits per heavy atom. The fourth-order valence-electron chi connectivity index (χ4n) is 3.55. The number of carbonyl (C=O) groups excluding carboxylic acids is 2. The molecule has 2 atom stereocenters. The van der Waals surface area contributed by atoms with E-state index in [1.807, 2.05) is 49.4 Å². The van der Waals surface area contributed by atoms with E-state index in [1.54, 1.807) is 19.1 Å². The van der Waals surface area contributed by atoms with Crippen LogP contribution in [-0.2, 0) is 25.0 Å². The lowest BCUT2D eigenvalue weighted by atomic mass is 9.90. The summed E-state index contributed by atoms with van der Waals surface area (Å²) >= 11 is 0. The fraction of sp³-hybridized carbons (Fsp3) is 0.250. The van der Waals surface area contributed by atoms with E-state index in [0.29, 0.717) is 5.56 Å². The number of nitrogens with one attached hydrogen (secondary N) is 2. The molecule has 0 aliphatic heterocycles. The Kier molecular flexibility index (Phi) is 6.18. The number of fused-ring (bicyclic) bond motifs is 1. The van der Waals surface area contributed by atoms with Crippen molar-refractivity contribution in [2.75, 3.05) is 6.26 Å². The van der Waals surface area contributed by atoms with E-state index < -0.39 is 21.3 Å². The highest BCUT2D eigenvalue weighted by Crippen LogP contribution is 2.26. The van der Waals surface area contributed by atoms with Crippen LogP contribution in [0.4, 0.5) is 0 Å². The molecule has 0 heterocycles. The second kappa shape index (κ2) is 8.51. The van der Waals surface area contributed by atoms with Crippen molar-refractivity contribution in [3.05, 3.63) is 77.9 Å². The van der Waals surface area contributed by atoms with Gasteiger partial charge in [-0.3, -0.25) is 9.59 Å². The number of benzene rings is 3. The lowest BCUT2D eigenvalue weighted by Gasteiger charge is -2.31. The van der Waals surface area contributed by atoms with Crippen molar-refractivity contribution in [2.45, 2.75) is 37.2 Å². The first-order chi connectivity index (χ1) is 14.5. The molecule has 2 amide bonds. The normalized spacial score (nSPS) is 14.5. The molecule has 0 radical (unpaired) electrons. The van der Waals surface area contributed by atoms with E-state index in [0.717, 1.165) is 22.6 Å². The van der Waals surface area contributed by atoms with Crippen LogP contribution in [0.25, 0.3) is 10.8 Å². The minimum atomic E-state index is -3.37. The SMILES string of the molecule is CC(=O)N[C@](C)(C(=O)N[C@H](C)c1ccc2ccccc2c1)c1ccc(S(C)(=O)=O)cc1. The first kappa shape index (κ1) is 22.5. The van der Waals surface area contributed by atoms with E-state index in [9.17, 15) is 18.0 Å². The van der Waals surface area contributed by atoms with Crippen molar-refractivity contribution in [3.63, 3.8) is 0 Å². The molecule has 0 saturated heterocycles. The summed E-state index contributed by atoms with van der Waals surface area (Å²) in [5.74, 6) is -0.765. The second-order valence-corrected chi connectivity index (χ2v) is 9.92. The molecule has 3 aromatic carbocycles. The molecule has 0 fully saturated rings. The van der Waals surface area contributed by atoms with Crippen LogP contribution in [0.2, 0.25) is 0 Å². The van der Waals surface area contributed by atoms with Crippen molar-refractivity contribution in [3.8, 4) is 0 Å². The van der Waals surface area contributed by atoms with Gasteiger partial charge in [0.05, 0.1) is 10.9 Å². The van der Waals surface area contributed by atoms with Gasteiger partial charge in [0.15, 0.2) is 9.84 Å². The van der Waals surface area contributed by atoms with E-state index in [1.165, 1.54) is 19.1 Å². The Labute approximate surface area is 182 Å². The average Bonchev–Trinajstić information content (AvgIpc) is 2.72. The van der Waals surface area contributed by atoms with Gasteiger partial charge in [-0.25, -0.2) is 8.42 Å². The summed E-state index contributed by atoms with van der Waals surface area (Å²) in [4.78, 5) is 25.3. The Bertz CT molecular complexity index is 1240. The molecule has 0 aliphatic carbocycles. The van der Waals surface area contributed by atoms with Gasteiger partial charge in [0.2, 0.25) is 5.91 Å². The quantitative estimate of drug-likeness (QED) is 0.616. The molecule has 0 bridgehead atoms.